The summed E-state index contributed by atoms with van der Waals surface area (Å²) in [6.45, 7) is 0. The fourth-order valence-corrected chi connectivity index (χ4v) is 1.26. The highest BCUT2D eigenvalue weighted by Gasteiger charge is 2.14. The molecule has 0 aliphatic heterocycles. The Morgan fingerprint density at radius 1 is 1.46 bits per heavy atom. The van der Waals surface area contributed by atoms with Gasteiger partial charge in [0.1, 0.15) is 0 Å². The summed E-state index contributed by atoms with van der Waals surface area (Å²) in [6.07, 6.45) is -2.67. The van der Waals surface area contributed by atoms with Gasteiger partial charge in [0, 0.05) is 10.0 Å². The molecule has 0 saturated heterocycles. The molecule has 0 fully saturated rings. The molecule has 1 rings (SSSR count). The predicted octanol–water partition coefficient (Wildman–Crippen LogP) is 3.08. The number of carboxylic acid groups (broad SMARTS) is 1. The van der Waals surface area contributed by atoms with Gasteiger partial charge in [0.25, 0.3) is 6.43 Å². The normalized spacial score (nSPS) is 10.5. The Bertz CT molecular complexity index is 339. The van der Waals surface area contributed by atoms with Crippen LogP contribution in [0.5, 0.6) is 0 Å². The van der Waals surface area contributed by atoms with Crippen molar-refractivity contribution in [3.63, 3.8) is 0 Å². The molecule has 13 heavy (non-hydrogen) atoms. The lowest BCUT2D eigenvalue weighted by Crippen LogP contribution is -1.98. The van der Waals surface area contributed by atoms with Crippen LogP contribution in [-0.4, -0.2) is 11.1 Å². The summed E-state index contributed by atoms with van der Waals surface area (Å²) in [4.78, 5) is 10.4. The van der Waals surface area contributed by atoms with Crippen molar-refractivity contribution in [2.75, 3.05) is 0 Å². The standard InChI is InChI=1S/C8H5BrF2O2/c9-6-2-1-4(8(12)13)3-5(6)7(10)11/h1-3,7H,(H,12,13). The second-order valence-electron chi connectivity index (χ2n) is 2.34. The minimum absolute atomic E-state index is 0.140. The quantitative estimate of drug-likeness (QED) is 0.876. The largest absolute Gasteiger partial charge is 0.478 e. The molecular formula is C8H5BrF2O2. The highest BCUT2D eigenvalue weighted by Crippen LogP contribution is 2.27. The molecule has 0 aliphatic rings. The maximum absolute atomic E-state index is 12.2. The second kappa shape index (κ2) is 3.83. The molecule has 0 radical (unpaired) electrons. The number of hydrogen-bond acceptors (Lipinski definition) is 1. The van der Waals surface area contributed by atoms with Crippen molar-refractivity contribution in [2.24, 2.45) is 0 Å². The molecule has 0 heterocycles. The van der Waals surface area contributed by atoms with E-state index in [1.165, 1.54) is 12.1 Å². The van der Waals surface area contributed by atoms with Gasteiger partial charge in [0.15, 0.2) is 0 Å². The Hall–Kier alpha value is -0.970. The van der Waals surface area contributed by atoms with Crippen molar-refractivity contribution in [1.82, 2.24) is 0 Å². The fourth-order valence-electron chi connectivity index (χ4n) is 0.844. The minimum atomic E-state index is -2.67. The molecule has 70 valence electrons. The third kappa shape index (κ3) is 2.24. The van der Waals surface area contributed by atoms with Crippen LogP contribution in [0.3, 0.4) is 0 Å². The van der Waals surface area contributed by atoms with E-state index in [-0.39, 0.29) is 15.6 Å². The molecule has 0 spiro atoms. The molecule has 0 saturated carbocycles. The Labute approximate surface area is 81.3 Å². The van der Waals surface area contributed by atoms with E-state index in [9.17, 15) is 13.6 Å². The molecule has 0 amide bonds. The zero-order chi connectivity index (χ0) is 10.0. The number of rotatable bonds is 2. The first-order chi connectivity index (χ1) is 6.02. The average Bonchev–Trinajstić information content (AvgIpc) is 2.04. The van der Waals surface area contributed by atoms with Crippen molar-refractivity contribution in [2.45, 2.75) is 6.43 Å². The number of aromatic carboxylic acids is 1. The molecule has 5 heteroatoms. The fraction of sp³-hybridized carbons (Fsp3) is 0.125. The van der Waals surface area contributed by atoms with Gasteiger partial charge >= 0.3 is 5.97 Å². The summed E-state index contributed by atoms with van der Waals surface area (Å²) in [7, 11) is 0. The van der Waals surface area contributed by atoms with Crippen LogP contribution < -0.4 is 0 Å². The van der Waals surface area contributed by atoms with Crippen LogP contribution in [-0.2, 0) is 0 Å². The summed E-state index contributed by atoms with van der Waals surface area (Å²) in [5, 5.41) is 8.52. The van der Waals surface area contributed by atoms with E-state index in [4.69, 9.17) is 5.11 Å². The van der Waals surface area contributed by atoms with Crippen LogP contribution in [0.25, 0.3) is 0 Å². The van der Waals surface area contributed by atoms with E-state index < -0.39 is 12.4 Å². The molecule has 0 aromatic heterocycles. The third-order valence-corrected chi connectivity index (χ3v) is 2.20. The lowest BCUT2D eigenvalue weighted by molar-refractivity contribution is 0.0696. The van der Waals surface area contributed by atoms with Crippen LogP contribution in [0.15, 0.2) is 22.7 Å². The van der Waals surface area contributed by atoms with Crippen LogP contribution in [0.4, 0.5) is 8.78 Å². The zero-order valence-electron chi connectivity index (χ0n) is 6.30. The summed E-state index contributed by atoms with van der Waals surface area (Å²) < 4.78 is 24.7. The molecule has 2 nitrogen and oxygen atoms in total. The van der Waals surface area contributed by atoms with Gasteiger partial charge in [-0.25, -0.2) is 13.6 Å². The van der Waals surface area contributed by atoms with Crippen LogP contribution >= 0.6 is 15.9 Å². The van der Waals surface area contributed by atoms with E-state index >= 15 is 0 Å². The van der Waals surface area contributed by atoms with Crippen molar-refractivity contribution >= 4 is 21.9 Å². The molecule has 1 N–H and O–H groups in total. The lowest BCUT2D eigenvalue weighted by Gasteiger charge is -2.03. The van der Waals surface area contributed by atoms with E-state index in [2.05, 4.69) is 15.9 Å². The first kappa shape index (κ1) is 10.1. The molecule has 0 bridgehead atoms. The SMILES string of the molecule is O=C(O)c1ccc(Br)c(C(F)F)c1. The van der Waals surface area contributed by atoms with Crippen molar-refractivity contribution in [1.29, 1.82) is 0 Å². The van der Waals surface area contributed by atoms with E-state index in [1.54, 1.807) is 0 Å². The molecule has 0 aliphatic carbocycles. The average molecular weight is 251 g/mol. The van der Waals surface area contributed by atoms with Gasteiger partial charge in [-0.2, -0.15) is 0 Å². The molecular weight excluding hydrogens is 246 g/mol. The van der Waals surface area contributed by atoms with Crippen molar-refractivity contribution < 1.29 is 18.7 Å². The topological polar surface area (TPSA) is 37.3 Å². The number of carboxylic acids is 1. The van der Waals surface area contributed by atoms with E-state index in [0.29, 0.717) is 0 Å². The van der Waals surface area contributed by atoms with Gasteiger partial charge in [-0.1, -0.05) is 15.9 Å². The number of hydrogen-bond donors (Lipinski definition) is 1. The van der Waals surface area contributed by atoms with Gasteiger partial charge in [0.2, 0.25) is 0 Å². The summed E-state index contributed by atoms with van der Waals surface area (Å²) in [5.74, 6) is -1.21. The Kier molecular flexibility index (Phi) is 2.98. The minimum Gasteiger partial charge on any atom is -0.478 e. The summed E-state index contributed by atoms with van der Waals surface area (Å²) >= 11 is 2.91. The first-order valence-corrected chi connectivity index (χ1v) is 4.12. The van der Waals surface area contributed by atoms with Gasteiger partial charge in [-0.3, -0.25) is 0 Å². The van der Waals surface area contributed by atoms with Crippen LogP contribution in [0.1, 0.15) is 22.3 Å². The van der Waals surface area contributed by atoms with E-state index in [1.807, 2.05) is 0 Å². The summed E-state index contributed by atoms with van der Waals surface area (Å²) in [6, 6.07) is 3.51. The second-order valence-corrected chi connectivity index (χ2v) is 3.20. The van der Waals surface area contributed by atoms with Gasteiger partial charge in [0.05, 0.1) is 5.56 Å². The number of carbonyl (C=O) groups is 1. The number of benzene rings is 1. The number of alkyl halides is 2. The Balaban J connectivity index is 3.19. The molecule has 1 aromatic rings. The third-order valence-electron chi connectivity index (χ3n) is 1.48. The highest BCUT2D eigenvalue weighted by molar-refractivity contribution is 9.10. The Morgan fingerprint density at radius 2 is 2.08 bits per heavy atom. The maximum Gasteiger partial charge on any atom is 0.335 e. The number of halogens is 3. The molecule has 0 unspecified atom stereocenters. The van der Waals surface area contributed by atoms with Gasteiger partial charge in [-0.15, -0.1) is 0 Å². The highest BCUT2D eigenvalue weighted by atomic mass is 79.9. The van der Waals surface area contributed by atoms with E-state index in [0.717, 1.165) is 6.07 Å². The van der Waals surface area contributed by atoms with Gasteiger partial charge in [-0.05, 0) is 18.2 Å². The van der Waals surface area contributed by atoms with Crippen LogP contribution in [0.2, 0.25) is 0 Å². The monoisotopic (exact) mass is 250 g/mol. The molecule has 1 aromatic carbocycles. The lowest BCUT2D eigenvalue weighted by atomic mass is 10.1. The zero-order valence-corrected chi connectivity index (χ0v) is 7.88. The van der Waals surface area contributed by atoms with Crippen molar-refractivity contribution in [3.8, 4) is 0 Å². The van der Waals surface area contributed by atoms with Crippen molar-refractivity contribution in [3.05, 3.63) is 33.8 Å². The molecule has 0 atom stereocenters. The Morgan fingerprint density at radius 3 is 2.54 bits per heavy atom. The maximum atomic E-state index is 12.2. The first-order valence-electron chi connectivity index (χ1n) is 3.33. The smallest absolute Gasteiger partial charge is 0.335 e. The predicted molar refractivity (Wildman–Crippen MR) is 46.1 cm³/mol. The summed E-state index contributed by atoms with van der Waals surface area (Å²) in [5.41, 5.74) is -0.446. The van der Waals surface area contributed by atoms with Gasteiger partial charge < -0.3 is 5.11 Å². The van der Waals surface area contributed by atoms with Crippen LogP contribution in [0, 0.1) is 0 Å².